The first kappa shape index (κ1) is 17.6. The summed E-state index contributed by atoms with van der Waals surface area (Å²) in [6, 6.07) is -1.91. The molecule has 1 saturated heterocycles. The van der Waals surface area contributed by atoms with Crippen LogP contribution in [0.4, 0.5) is 4.79 Å². The highest BCUT2D eigenvalue weighted by Crippen LogP contribution is 2.17. The van der Waals surface area contributed by atoms with Crippen LogP contribution in [0.3, 0.4) is 0 Å². The number of amides is 3. The summed E-state index contributed by atoms with van der Waals surface area (Å²) in [6.07, 6.45) is 4.56. The van der Waals surface area contributed by atoms with Gasteiger partial charge in [0.25, 0.3) is 0 Å². The average molecular weight is 317 g/mol. The number of nitrogens with one attached hydrogen (secondary N) is 2. The zero-order chi connectivity index (χ0) is 15.8. The lowest BCUT2D eigenvalue weighted by molar-refractivity contribution is -0.139. The van der Waals surface area contributed by atoms with Crippen molar-refractivity contribution in [1.29, 1.82) is 0 Å². The third-order valence-corrected chi connectivity index (χ3v) is 4.16. The van der Waals surface area contributed by atoms with Crippen molar-refractivity contribution < 1.29 is 19.5 Å². The van der Waals surface area contributed by atoms with E-state index in [0.717, 1.165) is 12.8 Å². The number of hydrogen-bond donors (Lipinski definition) is 3. The Kier molecular flexibility index (Phi) is 7.35. The monoisotopic (exact) mass is 317 g/mol. The first-order valence-electron chi connectivity index (χ1n) is 7.01. The summed E-state index contributed by atoms with van der Waals surface area (Å²) in [5, 5.41) is 14.2. The van der Waals surface area contributed by atoms with Crippen LogP contribution in [0.15, 0.2) is 0 Å². The Morgan fingerprint density at radius 2 is 2.10 bits per heavy atom. The molecule has 7 nitrogen and oxygen atoms in total. The van der Waals surface area contributed by atoms with Crippen LogP contribution in [0.2, 0.25) is 0 Å². The standard InChI is InChI=1S/C13H23N3O4S/c1-14-11(17)10-5-3-4-7-16(10)13(20)15-9(12(18)19)6-8-21-2/h9-10H,3-8H2,1-2H3,(H,14,17)(H,15,20)(H,18,19)/t9-,10?/m0/s1. The summed E-state index contributed by atoms with van der Waals surface area (Å²) in [5.41, 5.74) is 0. The first-order valence-corrected chi connectivity index (χ1v) is 8.41. The van der Waals surface area contributed by atoms with Gasteiger partial charge in [0, 0.05) is 13.6 Å². The molecule has 0 saturated carbocycles. The second kappa shape index (κ2) is 8.76. The van der Waals surface area contributed by atoms with Crippen LogP contribution in [0.1, 0.15) is 25.7 Å². The minimum atomic E-state index is -1.05. The van der Waals surface area contributed by atoms with E-state index in [1.54, 1.807) is 0 Å². The predicted molar refractivity (Wildman–Crippen MR) is 81.4 cm³/mol. The van der Waals surface area contributed by atoms with E-state index in [4.69, 9.17) is 5.11 Å². The quantitative estimate of drug-likeness (QED) is 0.663. The molecule has 0 aliphatic carbocycles. The van der Waals surface area contributed by atoms with Gasteiger partial charge in [-0.1, -0.05) is 0 Å². The van der Waals surface area contributed by atoms with E-state index in [9.17, 15) is 14.4 Å². The zero-order valence-corrected chi connectivity index (χ0v) is 13.2. The van der Waals surface area contributed by atoms with Crippen LogP contribution < -0.4 is 10.6 Å². The van der Waals surface area contributed by atoms with E-state index in [-0.39, 0.29) is 5.91 Å². The molecule has 1 aliphatic rings. The number of carboxylic acid groups (broad SMARTS) is 1. The maximum absolute atomic E-state index is 12.3. The number of carbonyl (C=O) groups excluding carboxylic acids is 2. The van der Waals surface area contributed by atoms with Gasteiger partial charge in [-0.25, -0.2) is 9.59 Å². The molecule has 0 aromatic heterocycles. The third-order valence-electron chi connectivity index (χ3n) is 3.52. The molecule has 0 aromatic carbocycles. The number of aliphatic carboxylic acids is 1. The van der Waals surface area contributed by atoms with Crippen LogP contribution in [-0.4, -0.2) is 65.6 Å². The summed E-state index contributed by atoms with van der Waals surface area (Å²) in [4.78, 5) is 36.7. The molecule has 0 aromatic rings. The van der Waals surface area contributed by atoms with E-state index in [0.29, 0.717) is 25.1 Å². The number of thioether (sulfide) groups is 1. The Balaban J connectivity index is 2.69. The van der Waals surface area contributed by atoms with Crippen molar-refractivity contribution in [3.8, 4) is 0 Å². The molecule has 0 spiro atoms. The first-order chi connectivity index (χ1) is 10.0. The molecule has 1 fully saturated rings. The van der Waals surface area contributed by atoms with Crippen molar-refractivity contribution in [3.63, 3.8) is 0 Å². The van der Waals surface area contributed by atoms with E-state index in [1.165, 1.54) is 23.7 Å². The molecular weight excluding hydrogens is 294 g/mol. The predicted octanol–water partition coefficient (Wildman–Crippen LogP) is 0.503. The van der Waals surface area contributed by atoms with Crippen LogP contribution in [-0.2, 0) is 9.59 Å². The summed E-state index contributed by atoms with van der Waals surface area (Å²) in [6.45, 7) is 0.471. The van der Waals surface area contributed by atoms with Gasteiger partial charge in [0.2, 0.25) is 5.91 Å². The Hall–Kier alpha value is -1.44. The number of piperidine rings is 1. The minimum Gasteiger partial charge on any atom is -0.480 e. The highest BCUT2D eigenvalue weighted by Gasteiger charge is 2.33. The molecule has 3 N–H and O–H groups in total. The molecule has 1 heterocycles. The maximum atomic E-state index is 12.3. The molecule has 0 radical (unpaired) electrons. The Morgan fingerprint density at radius 3 is 2.67 bits per heavy atom. The summed E-state index contributed by atoms with van der Waals surface area (Å²) >= 11 is 1.53. The number of carbonyl (C=O) groups is 3. The van der Waals surface area contributed by atoms with Gasteiger partial charge in [-0.2, -0.15) is 11.8 Å². The minimum absolute atomic E-state index is 0.208. The van der Waals surface area contributed by atoms with Gasteiger partial charge in [0.15, 0.2) is 0 Å². The number of likely N-dealkylation sites (tertiary alicyclic amines) is 1. The van der Waals surface area contributed by atoms with Crippen molar-refractivity contribution in [2.75, 3.05) is 25.6 Å². The van der Waals surface area contributed by atoms with Gasteiger partial charge in [-0.15, -0.1) is 0 Å². The fraction of sp³-hybridized carbons (Fsp3) is 0.769. The number of nitrogens with zero attached hydrogens (tertiary/aromatic N) is 1. The topological polar surface area (TPSA) is 98.7 Å². The van der Waals surface area contributed by atoms with Gasteiger partial charge in [0.05, 0.1) is 0 Å². The van der Waals surface area contributed by atoms with Crippen molar-refractivity contribution >= 4 is 29.7 Å². The summed E-state index contributed by atoms with van der Waals surface area (Å²) in [7, 11) is 1.53. The molecule has 1 unspecified atom stereocenters. The number of hydrogen-bond acceptors (Lipinski definition) is 4. The second-order valence-electron chi connectivity index (χ2n) is 4.94. The Morgan fingerprint density at radius 1 is 1.38 bits per heavy atom. The highest BCUT2D eigenvalue weighted by molar-refractivity contribution is 7.98. The molecule has 0 bridgehead atoms. The maximum Gasteiger partial charge on any atom is 0.326 e. The van der Waals surface area contributed by atoms with Crippen LogP contribution in [0.25, 0.3) is 0 Å². The van der Waals surface area contributed by atoms with Crippen molar-refractivity contribution in [2.24, 2.45) is 0 Å². The molecule has 2 atom stereocenters. The molecule has 3 amide bonds. The van der Waals surface area contributed by atoms with Crippen LogP contribution in [0.5, 0.6) is 0 Å². The van der Waals surface area contributed by atoms with E-state index >= 15 is 0 Å². The molecule has 21 heavy (non-hydrogen) atoms. The number of urea groups is 1. The van der Waals surface area contributed by atoms with Gasteiger partial charge in [-0.3, -0.25) is 4.79 Å². The Bertz CT molecular complexity index is 392. The fourth-order valence-corrected chi connectivity index (χ4v) is 2.81. The molecule has 1 aliphatic heterocycles. The lowest BCUT2D eigenvalue weighted by atomic mass is 10.0. The zero-order valence-electron chi connectivity index (χ0n) is 12.4. The van der Waals surface area contributed by atoms with Gasteiger partial charge in [0.1, 0.15) is 12.1 Å². The van der Waals surface area contributed by atoms with Crippen LogP contribution >= 0.6 is 11.8 Å². The number of rotatable bonds is 6. The van der Waals surface area contributed by atoms with Gasteiger partial charge < -0.3 is 20.6 Å². The van der Waals surface area contributed by atoms with Crippen molar-refractivity contribution in [2.45, 2.75) is 37.8 Å². The molecule has 1 rings (SSSR count). The highest BCUT2D eigenvalue weighted by atomic mass is 32.2. The molecule has 8 heteroatoms. The number of likely N-dealkylation sites (N-methyl/N-ethyl adjacent to an activating group) is 1. The Labute approximate surface area is 128 Å². The second-order valence-corrected chi connectivity index (χ2v) is 5.93. The molecular formula is C13H23N3O4S. The molecule has 120 valence electrons. The largest absolute Gasteiger partial charge is 0.480 e. The summed E-state index contributed by atoms with van der Waals surface area (Å²) in [5.74, 6) is -0.609. The van der Waals surface area contributed by atoms with Crippen molar-refractivity contribution in [3.05, 3.63) is 0 Å². The van der Waals surface area contributed by atoms with Gasteiger partial charge >= 0.3 is 12.0 Å². The lowest BCUT2D eigenvalue weighted by Crippen LogP contribution is -2.56. The fourth-order valence-electron chi connectivity index (χ4n) is 2.34. The third kappa shape index (κ3) is 5.11. The SMILES string of the molecule is CNC(=O)C1CCCCN1C(=O)N[C@@H](CCSC)C(=O)O. The smallest absolute Gasteiger partial charge is 0.326 e. The van der Waals surface area contributed by atoms with E-state index in [1.807, 2.05) is 6.26 Å². The van der Waals surface area contributed by atoms with Gasteiger partial charge in [-0.05, 0) is 37.7 Å². The normalized spacial score (nSPS) is 19.7. The average Bonchev–Trinajstić information content (AvgIpc) is 2.50. The lowest BCUT2D eigenvalue weighted by Gasteiger charge is -2.35. The van der Waals surface area contributed by atoms with E-state index < -0.39 is 24.1 Å². The van der Waals surface area contributed by atoms with Crippen LogP contribution in [0, 0.1) is 0 Å². The van der Waals surface area contributed by atoms with E-state index in [2.05, 4.69) is 10.6 Å². The number of carboxylic acids is 1. The summed E-state index contributed by atoms with van der Waals surface area (Å²) < 4.78 is 0. The van der Waals surface area contributed by atoms with Crippen molar-refractivity contribution in [1.82, 2.24) is 15.5 Å².